The predicted molar refractivity (Wildman–Crippen MR) is 11.2 cm³/mol. The molecule has 0 aliphatic heterocycles. The first-order valence-corrected chi connectivity index (χ1v) is 2.14. The van der Waals surface area contributed by atoms with E-state index in [0.29, 0.717) is 0 Å². The molecule has 0 spiro atoms. The second-order valence-electron chi connectivity index (χ2n) is 0.208. The monoisotopic (exact) mass is 256 g/mol. The van der Waals surface area contributed by atoms with E-state index >= 15 is 0 Å². The maximum atomic E-state index is 9.21. The summed E-state index contributed by atoms with van der Waals surface area (Å²) in [6.07, 6.45) is 0. The molecule has 26 valence electrons. The minimum absolute atomic E-state index is 0.361. The van der Waals surface area contributed by atoms with Gasteiger partial charge in [-0.15, -0.1) is 0 Å². The van der Waals surface area contributed by atoms with Gasteiger partial charge in [0.25, 0.3) is 0 Å². The van der Waals surface area contributed by atoms with Crippen LogP contribution in [0.15, 0.2) is 0 Å². The van der Waals surface area contributed by atoms with Crippen LogP contribution in [0.25, 0.3) is 0 Å². The first-order chi connectivity index (χ1) is 1.73. The van der Waals surface area contributed by atoms with Crippen molar-refractivity contribution in [2.24, 2.45) is 0 Å². The average molecular weight is 256 g/mol. The number of carbonyl (C=O) groups is 1. The van der Waals surface area contributed by atoms with Gasteiger partial charge < -0.3 is 0 Å². The number of carbonyl (C=O) groups excluding carboxylic acids is 1. The quantitative estimate of drug-likeness (QED) is 0.588. The van der Waals surface area contributed by atoms with Gasteiger partial charge in [-0.2, -0.15) is 0 Å². The summed E-state index contributed by atoms with van der Waals surface area (Å²) in [6.45, 7) is 0. The molecule has 0 fully saturated rings. The Morgan fingerprint density at radius 3 is 2.00 bits per heavy atom. The van der Waals surface area contributed by atoms with Crippen molar-refractivity contribution in [3.8, 4) is 0 Å². The summed E-state index contributed by atoms with van der Waals surface area (Å²) in [6, 6.07) is 0. The van der Waals surface area contributed by atoms with Crippen LogP contribution >= 0.6 is 11.6 Å². The van der Waals surface area contributed by atoms with Crippen LogP contribution in [0.4, 0.5) is 4.79 Å². The van der Waals surface area contributed by atoms with Crippen LogP contribution in [0.1, 0.15) is 0 Å². The van der Waals surface area contributed by atoms with Crippen molar-refractivity contribution in [2.75, 3.05) is 0 Å². The van der Waals surface area contributed by atoms with E-state index in [0.717, 1.165) is 0 Å². The number of hydrogen-bond acceptors (Lipinski definition) is 1. The zero-order valence-corrected chi connectivity index (χ0v) is 4.77. The van der Waals surface area contributed by atoms with E-state index in [9.17, 15) is 4.79 Å². The third-order valence-electron chi connectivity index (χ3n) is 0. The Hall–Kier alpha value is 0.609. The van der Waals surface area contributed by atoms with Crippen molar-refractivity contribution in [1.29, 1.82) is 0 Å². The Balaban J connectivity index is 2.80. The van der Waals surface area contributed by atoms with Gasteiger partial charge in [-0.1, -0.05) is 0 Å². The van der Waals surface area contributed by atoms with Gasteiger partial charge in [0.2, 0.25) is 0 Å². The fraction of sp³-hybridized carbons (Fsp3) is 0. The molecular weight excluding hydrogens is 256 g/mol. The van der Waals surface area contributed by atoms with Gasteiger partial charge in [-0.25, -0.2) is 0 Å². The SMILES string of the molecule is O=[C](Cl)[Ir]. The molecule has 4 heavy (non-hydrogen) atoms. The summed E-state index contributed by atoms with van der Waals surface area (Å²) in [5.41, 5.74) is 0. The Morgan fingerprint density at radius 1 is 2.00 bits per heavy atom. The molecule has 0 saturated heterocycles. The summed E-state index contributed by atoms with van der Waals surface area (Å²) in [5, 5.41) is 0. The van der Waals surface area contributed by atoms with Crippen molar-refractivity contribution in [3.63, 3.8) is 0 Å². The third kappa shape index (κ3) is 18.2. The van der Waals surface area contributed by atoms with Crippen molar-refractivity contribution in [1.82, 2.24) is 0 Å². The van der Waals surface area contributed by atoms with Crippen molar-refractivity contribution < 1.29 is 23.7 Å². The van der Waals surface area contributed by atoms with Crippen molar-refractivity contribution in [3.05, 3.63) is 0 Å². The molecule has 0 aromatic heterocycles. The zero-order valence-electron chi connectivity index (χ0n) is 1.62. The predicted octanol–water partition coefficient (Wildman–Crippen LogP) is 0.892. The molecule has 1 nitrogen and oxygen atoms in total. The Kier molecular flexibility index (Phi) is 2.17. The normalized spacial score (nSPS) is 6.75. The summed E-state index contributed by atoms with van der Waals surface area (Å²) in [4.78, 5) is 9.21. The summed E-state index contributed by atoms with van der Waals surface area (Å²) in [5.74, 6) is 0. The van der Waals surface area contributed by atoms with Gasteiger partial charge in [-0.05, 0) is 0 Å². The molecule has 0 rings (SSSR count). The Morgan fingerprint density at radius 2 is 2.00 bits per heavy atom. The second-order valence-corrected chi connectivity index (χ2v) is 2.34. The van der Waals surface area contributed by atoms with Crippen molar-refractivity contribution in [2.45, 2.75) is 0 Å². The van der Waals surface area contributed by atoms with E-state index in [1.807, 2.05) is 0 Å². The average Bonchev–Trinajstić information content (AvgIpc) is 0.811. The molecule has 0 aliphatic carbocycles. The van der Waals surface area contributed by atoms with Crippen LogP contribution in [0.5, 0.6) is 0 Å². The van der Waals surface area contributed by atoms with Gasteiger partial charge in [0, 0.05) is 0 Å². The zero-order chi connectivity index (χ0) is 3.58. The van der Waals surface area contributed by atoms with Crippen molar-refractivity contribution >= 4 is 15.4 Å². The van der Waals surface area contributed by atoms with Gasteiger partial charge in [0.05, 0.1) is 0 Å². The number of halogens is 1. The van der Waals surface area contributed by atoms with E-state index in [-0.39, 0.29) is 3.76 Å². The van der Waals surface area contributed by atoms with E-state index < -0.39 is 0 Å². The van der Waals surface area contributed by atoms with E-state index in [1.54, 1.807) is 0 Å². The Labute approximate surface area is 39.5 Å². The molecule has 0 N–H and O–H groups in total. The standard InChI is InChI=1S/CClO.Ir/c2-1-3;. The molecule has 0 aromatic carbocycles. The van der Waals surface area contributed by atoms with Gasteiger partial charge in [0.1, 0.15) is 0 Å². The summed E-state index contributed by atoms with van der Waals surface area (Å²) >= 11 is 5.93. The molecule has 0 bridgehead atoms. The molecule has 0 saturated carbocycles. The molecule has 0 aliphatic rings. The molecule has 0 unspecified atom stereocenters. The van der Waals surface area contributed by atoms with Crippen LogP contribution in [-0.4, -0.2) is 3.76 Å². The molecule has 0 atom stereocenters. The van der Waals surface area contributed by atoms with E-state index in [4.69, 9.17) is 0 Å². The molecule has 0 amide bonds. The number of rotatable bonds is 0. The van der Waals surface area contributed by atoms with Gasteiger partial charge in [-0.3, -0.25) is 0 Å². The topological polar surface area (TPSA) is 17.1 Å². The molecule has 0 heterocycles. The molecule has 0 radical (unpaired) electrons. The third-order valence-corrected chi connectivity index (χ3v) is 0. The molecular formula is CClIrO. The first-order valence-electron chi connectivity index (χ1n) is 0.560. The van der Waals surface area contributed by atoms with Crippen LogP contribution in [0, 0.1) is 0 Å². The van der Waals surface area contributed by atoms with E-state index in [2.05, 4.69) is 11.6 Å². The summed E-state index contributed by atoms with van der Waals surface area (Å²) in [7, 11) is 0. The first kappa shape index (κ1) is 4.61. The van der Waals surface area contributed by atoms with Gasteiger partial charge >= 0.3 is 39.1 Å². The molecule has 0 aromatic rings. The maximum absolute atomic E-state index is 9.21. The van der Waals surface area contributed by atoms with Crippen LogP contribution in [0.2, 0.25) is 0 Å². The second kappa shape index (κ2) is 1.89. The van der Waals surface area contributed by atoms with Crippen LogP contribution in [0.3, 0.4) is 0 Å². The molecule has 3 heteroatoms. The minimum atomic E-state index is -0.361. The van der Waals surface area contributed by atoms with E-state index in [1.165, 1.54) is 18.9 Å². The van der Waals surface area contributed by atoms with Crippen LogP contribution < -0.4 is 0 Å². The fourth-order valence-electron chi connectivity index (χ4n) is 0. The number of hydrogen-bond donors (Lipinski definition) is 0. The van der Waals surface area contributed by atoms with Crippen LogP contribution in [-0.2, 0) is 18.9 Å². The Bertz CT molecular complexity index is 31.0. The summed E-state index contributed by atoms with van der Waals surface area (Å²) < 4.78 is -0.361. The fourth-order valence-corrected chi connectivity index (χ4v) is 0. The van der Waals surface area contributed by atoms with Gasteiger partial charge in [0.15, 0.2) is 0 Å².